The average Bonchev–Trinajstić information content (AvgIpc) is 2.33. The van der Waals surface area contributed by atoms with Gasteiger partial charge in [-0.25, -0.2) is 0 Å². The first-order chi connectivity index (χ1) is 8.82. The van der Waals surface area contributed by atoms with Crippen LogP contribution in [0.25, 0.3) is 0 Å². The van der Waals surface area contributed by atoms with Gasteiger partial charge in [-0.15, -0.1) is 0 Å². The van der Waals surface area contributed by atoms with Crippen LogP contribution < -0.4 is 5.73 Å². The fourth-order valence-corrected chi connectivity index (χ4v) is 2.89. The van der Waals surface area contributed by atoms with E-state index in [0.29, 0.717) is 24.8 Å². The van der Waals surface area contributed by atoms with Crippen LogP contribution in [0, 0.1) is 17.8 Å². The number of rotatable bonds is 6. The minimum atomic E-state index is -4.04. The van der Waals surface area contributed by atoms with Crippen molar-refractivity contribution in [2.75, 3.05) is 26.2 Å². The van der Waals surface area contributed by atoms with Crippen LogP contribution in [-0.4, -0.2) is 37.3 Å². The highest BCUT2D eigenvalue weighted by molar-refractivity contribution is 4.78. The summed E-state index contributed by atoms with van der Waals surface area (Å²) in [5.74, 6) is -0.105. The molecule has 1 saturated heterocycles. The van der Waals surface area contributed by atoms with Crippen molar-refractivity contribution >= 4 is 0 Å². The van der Waals surface area contributed by atoms with Crippen LogP contribution in [0.15, 0.2) is 0 Å². The number of hydrogen-bond acceptors (Lipinski definition) is 2. The number of nitrogens with two attached hydrogens (primary N) is 1. The summed E-state index contributed by atoms with van der Waals surface area (Å²) in [6.07, 6.45) is -1.12. The van der Waals surface area contributed by atoms with Crippen molar-refractivity contribution in [3.05, 3.63) is 0 Å². The lowest BCUT2D eigenvalue weighted by Crippen LogP contribution is -2.42. The van der Waals surface area contributed by atoms with Crippen molar-refractivity contribution in [3.8, 4) is 0 Å². The maximum Gasteiger partial charge on any atom is 0.393 e. The highest BCUT2D eigenvalue weighted by Gasteiger charge is 2.41. The SMILES string of the molecule is CC(C)CC(CN)CCN1CCCC(C(F)(F)F)C1. The second-order valence-corrected chi connectivity index (χ2v) is 6.20. The van der Waals surface area contributed by atoms with Gasteiger partial charge in [0.15, 0.2) is 0 Å². The molecular weight excluding hydrogens is 253 g/mol. The molecule has 2 N–H and O–H groups in total. The van der Waals surface area contributed by atoms with Crippen LogP contribution in [0.4, 0.5) is 13.2 Å². The third-order valence-corrected chi connectivity index (χ3v) is 3.96. The lowest BCUT2D eigenvalue weighted by molar-refractivity contribution is -0.186. The fraction of sp³-hybridized carbons (Fsp3) is 1.00. The maximum absolute atomic E-state index is 12.7. The molecule has 114 valence electrons. The molecule has 0 spiro atoms. The van der Waals surface area contributed by atoms with Gasteiger partial charge in [0.2, 0.25) is 0 Å². The Labute approximate surface area is 114 Å². The Balaban J connectivity index is 2.36. The highest BCUT2D eigenvalue weighted by atomic mass is 19.4. The van der Waals surface area contributed by atoms with Crippen LogP contribution in [0.5, 0.6) is 0 Å². The maximum atomic E-state index is 12.7. The number of hydrogen-bond donors (Lipinski definition) is 1. The van der Waals surface area contributed by atoms with Gasteiger partial charge < -0.3 is 10.6 Å². The summed E-state index contributed by atoms with van der Waals surface area (Å²) in [6.45, 7) is 6.66. The summed E-state index contributed by atoms with van der Waals surface area (Å²) < 4.78 is 38.1. The van der Waals surface area contributed by atoms with Crippen molar-refractivity contribution in [1.29, 1.82) is 0 Å². The first kappa shape index (κ1) is 16.8. The molecule has 1 fully saturated rings. The topological polar surface area (TPSA) is 29.3 Å². The predicted octanol–water partition coefficient (Wildman–Crippen LogP) is 3.27. The van der Waals surface area contributed by atoms with Gasteiger partial charge in [-0.3, -0.25) is 0 Å². The molecule has 0 bridgehead atoms. The Hall–Kier alpha value is -0.290. The van der Waals surface area contributed by atoms with Crippen molar-refractivity contribution in [2.24, 2.45) is 23.5 Å². The summed E-state index contributed by atoms with van der Waals surface area (Å²) in [7, 11) is 0. The Morgan fingerprint density at radius 2 is 2.00 bits per heavy atom. The molecule has 19 heavy (non-hydrogen) atoms. The van der Waals surface area contributed by atoms with Gasteiger partial charge in [0.25, 0.3) is 0 Å². The molecule has 2 unspecified atom stereocenters. The molecule has 1 rings (SSSR count). The van der Waals surface area contributed by atoms with Crippen LogP contribution in [0.1, 0.15) is 39.5 Å². The highest BCUT2D eigenvalue weighted by Crippen LogP contribution is 2.33. The Bertz CT molecular complexity index is 254. The van der Waals surface area contributed by atoms with E-state index in [0.717, 1.165) is 25.9 Å². The zero-order chi connectivity index (χ0) is 14.5. The van der Waals surface area contributed by atoms with E-state index in [1.165, 1.54) is 0 Å². The largest absolute Gasteiger partial charge is 0.393 e. The van der Waals surface area contributed by atoms with Crippen molar-refractivity contribution in [1.82, 2.24) is 4.90 Å². The molecule has 0 amide bonds. The monoisotopic (exact) mass is 280 g/mol. The van der Waals surface area contributed by atoms with Gasteiger partial charge in [-0.2, -0.15) is 13.2 Å². The third-order valence-electron chi connectivity index (χ3n) is 3.96. The molecule has 2 atom stereocenters. The lowest BCUT2D eigenvalue weighted by atomic mass is 9.93. The minimum absolute atomic E-state index is 0.169. The van der Waals surface area contributed by atoms with Crippen molar-refractivity contribution in [3.63, 3.8) is 0 Å². The van der Waals surface area contributed by atoms with Crippen LogP contribution in [0.2, 0.25) is 0 Å². The second-order valence-electron chi connectivity index (χ2n) is 6.20. The van der Waals surface area contributed by atoms with E-state index in [9.17, 15) is 13.2 Å². The van der Waals surface area contributed by atoms with E-state index < -0.39 is 12.1 Å². The lowest BCUT2D eigenvalue weighted by Gasteiger charge is -2.34. The second kappa shape index (κ2) is 7.48. The molecule has 0 saturated carbocycles. The van der Waals surface area contributed by atoms with Gasteiger partial charge >= 0.3 is 6.18 Å². The zero-order valence-electron chi connectivity index (χ0n) is 12.0. The predicted molar refractivity (Wildman–Crippen MR) is 71.8 cm³/mol. The van der Waals surface area contributed by atoms with Crippen molar-refractivity contribution in [2.45, 2.75) is 45.7 Å². The first-order valence-corrected chi connectivity index (χ1v) is 7.32. The summed E-state index contributed by atoms with van der Waals surface area (Å²) >= 11 is 0. The molecule has 0 radical (unpaired) electrons. The number of alkyl halides is 3. The van der Waals surface area contributed by atoms with E-state index in [-0.39, 0.29) is 13.0 Å². The number of nitrogens with zero attached hydrogens (tertiary/aromatic N) is 1. The number of piperidine rings is 1. The molecule has 0 aromatic rings. The molecule has 0 aromatic heterocycles. The fourth-order valence-electron chi connectivity index (χ4n) is 2.89. The van der Waals surface area contributed by atoms with Crippen molar-refractivity contribution < 1.29 is 13.2 Å². The van der Waals surface area contributed by atoms with E-state index in [1.807, 2.05) is 4.90 Å². The zero-order valence-corrected chi connectivity index (χ0v) is 12.0. The standard InChI is InChI=1S/C14H27F3N2/c1-11(2)8-12(9-18)5-7-19-6-3-4-13(10-19)14(15,16)17/h11-13H,3-10,18H2,1-2H3. The third kappa shape index (κ3) is 6.13. The molecule has 2 nitrogen and oxygen atoms in total. The smallest absolute Gasteiger partial charge is 0.330 e. The molecular formula is C14H27F3N2. The molecule has 0 aromatic carbocycles. The molecule has 0 aliphatic carbocycles. The summed E-state index contributed by atoms with van der Waals surface area (Å²) in [5.41, 5.74) is 5.73. The van der Waals surface area contributed by atoms with Gasteiger partial charge in [0.05, 0.1) is 5.92 Å². The molecule has 5 heteroatoms. The van der Waals surface area contributed by atoms with Gasteiger partial charge in [0.1, 0.15) is 0 Å². The first-order valence-electron chi connectivity index (χ1n) is 7.32. The summed E-state index contributed by atoms with van der Waals surface area (Å²) in [5, 5.41) is 0. The van der Waals surface area contributed by atoms with E-state index in [1.54, 1.807) is 0 Å². The molecule has 1 heterocycles. The average molecular weight is 280 g/mol. The Kier molecular flexibility index (Phi) is 6.60. The molecule has 1 aliphatic heterocycles. The van der Waals surface area contributed by atoms with E-state index >= 15 is 0 Å². The summed E-state index contributed by atoms with van der Waals surface area (Å²) in [6, 6.07) is 0. The summed E-state index contributed by atoms with van der Waals surface area (Å²) in [4.78, 5) is 1.96. The van der Waals surface area contributed by atoms with E-state index in [4.69, 9.17) is 5.73 Å². The Morgan fingerprint density at radius 1 is 1.32 bits per heavy atom. The van der Waals surface area contributed by atoms with E-state index in [2.05, 4.69) is 13.8 Å². The van der Waals surface area contributed by atoms with Gasteiger partial charge in [-0.05, 0) is 57.2 Å². The van der Waals surface area contributed by atoms with Crippen LogP contribution in [-0.2, 0) is 0 Å². The van der Waals surface area contributed by atoms with Gasteiger partial charge in [0, 0.05) is 6.54 Å². The molecule has 1 aliphatic rings. The van der Waals surface area contributed by atoms with Crippen LogP contribution in [0.3, 0.4) is 0 Å². The Morgan fingerprint density at radius 3 is 2.53 bits per heavy atom. The van der Waals surface area contributed by atoms with Gasteiger partial charge in [-0.1, -0.05) is 13.8 Å². The number of likely N-dealkylation sites (tertiary alicyclic amines) is 1. The number of halogens is 3. The van der Waals surface area contributed by atoms with Crippen LogP contribution >= 0.6 is 0 Å². The normalized spacial score (nSPS) is 23.8. The minimum Gasteiger partial charge on any atom is -0.330 e. The quantitative estimate of drug-likeness (QED) is 0.809.